The molecular formula is C13H19F3N2O2S. The predicted octanol–water partition coefficient (Wildman–Crippen LogP) is 3.05. The smallest absolute Gasteiger partial charge is 0.313 e. The van der Waals surface area contributed by atoms with E-state index in [4.69, 9.17) is 0 Å². The van der Waals surface area contributed by atoms with Crippen LogP contribution in [0.5, 0.6) is 0 Å². The molecule has 0 fully saturated rings. The number of alkyl halides is 3. The van der Waals surface area contributed by atoms with Gasteiger partial charge >= 0.3 is 6.18 Å². The molecule has 0 aliphatic carbocycles. The van der Waals surface area contributed by atoms with E-state index in [1.54, 1.807) is 25.2 Å². The van der Waals surface area contributed by atoms with E-state index in [1.807, 2.05) is 13.0 Å². The van der Waals surface area contributed by atoms with E-state index in [0.29, 0.717) is 5.69 Å². The Bertz CT molecular complexity index is 559. The number of rotatable bonds is 7. The zero-order chi connectivity index (χ0) is 16.1. The molecule has 1 unspecified atom stereocenters. The molecule has 1 aromatic carbocycles. The summed E-state index contributed by atoms with van der Waals surface area (Å²) in [6.07, 6.45) is -5.89. The normalized spacial score (nSPS) is 14.0. The van der Waals surface area contributed by atoms with Gasteiger partial charge in [0.05, 0.1) is 5.75 Å². The number of anilines is 1. The molecule has 0 saturated carbocycles. The van der Waals surface area contributed by atoms with Crippen molar-refractivity contribution in [1.82, 2.24) is 5.32 Å². The highest BCUT2D eigenvalue weighted by atomic mass is 32.2. The molecule has 1 rings (SSSR count). The van der Waals surface area contributed by atoms with Crippen LogP contribution in [0.4, 0.5) is 18.9 Å². The predicted molar refractivity (Wildman–Crippen MR) is 76.6 cm³/mol. The van der Waals surface area contributed by atoms with Crippen molar-refractivity contribution in [3.8, 4) is 0 Å². The van der Waals surface area contributed by atoms with Gasteiger partial charge in [-0.1, -0.05) is 12.1 Å². The van der Waals surface area contributed by atoms with Crippen LogP contribution in [0, 0.1) is 0 Å². The molecule has 0 spiro atoms. The van der Waals surface area contributed by atoms with Crippen molar-refractivity contribution in [3.05, 3.63) is 29.8 Å². The van der Waals surface area contributed by atoms with Crippen LogP contribution in [0.1, 0.15) is 31.4 Å². The van der Waals surface area contributed by atoms with Gasteiger partial charge in [0.25, 0.3) is 0 Å². The Morgan fingerprint density at radius 3 is 2.52 bits per heavy atom. The monoisotopic (exact) mass is 324 g/mol. The van der Waals surface area contributed by atoms with E-state index in [9.17, 15) is 21.6 Å². The van der Waals surface area contributed by atoms with Gasteiger partial charge in [-0.25, -0.2) is 8.42 Å². The Kier molecular flexibility index (Phi) is 6.03. The van der Waals surface area contributed by atoms with Gasteiger partial charge in [0.15, 0.2) is 0 Å². The van der Waals surface area contributed by atoms with Gasteiger partial charge < -0.3 is 5.32 Å². The van der Waals surface area contributed by atoms with E-state index < -0.39 is 34.8 Å². The molecule has 4 nitrogen and oxygen atoms in total. The van der Waals surface area contributed by atoms with Gasteiger partial charge in [-0.3, -0.25) is 4.72 Å². The molecule has 0 saturated heterocycles. The number of hydrogen-bond acceptors (Lipinski definition) is 3. The van der Waals surface area contributed by atoms with Crippen LogP contribution in [0.15, 0.2) is 24.3 Å². The minimum atomic E-state index is -4.34. The van der Waals surface area contributed by atoms with Gasteiger partial charge in [0.1, 0.15) is 0 Å². The van der Waals surface area contributed by atoms with Crippen LogP contribution in [-0.4, -0.2) is 27.4 Å². The molecule has 8 heteroatoms. The third kappa shape index (κ3) is 6.81. The summed E-state index contributed by atoms with van der Waals surface area (Å²) in [5.74, 6) is -0.557. The summed E-state index contributed by atoms with van der Waals surface area (Å²) in [6, 6.07) is 6.79. The molecule has 1 atom stereocenters. The van der Waals surface area contributed by atoms with Crippen LogP contribution in [0.25, 0.3) is 0 Å². The molecule has 1 aromatic rings. The minimum absolute atomic E-state index is 0.0414. The number of benzene rings is 1. The van der Waals surface area contributed by atoms with Gasteiger partial charge in [0.2, 0.25) is 10.0 Å². The molecule has 0 aliphatic heterocycles. The van der Waals surface area contributed by atoms with Crippen molar-refractivity contribution in [2.45, 2.75) is 32.0 Å². The van der Waals surface area contributed by atoms with Crippen LogP contribution in [0.3, 0.4) is 0 Å². The molecule has 21 heavy (non-hydrogen) atoms. The van der Waals surface area contributed by atoms with Crippen LogP contribution < -0.4 is 10.0 Å². The minimum Gasteiger partial charge on any atom is -0.313 e. The topological polar surface area (TPSA) is 58.2 Å². The summed E-state index contributed by atoms with van der Waals surface area (Å²) in [5, 5.41) is 3.02. The van der Waals surface area contributed by atoms with Crippen molar-refractivity contribution < 1.29 is 21.6 Å². The lowest BCUT2D eigenvalue weighted by Gasteiger charge is -2.13. The summed E-state index contributed by atoms with van der Waals surface area (Å²) in [4.78, 5) is 0. The van der Waals surface area contributed by atoms with E-state index in [1.165, 1.54) is 0 Å². The first-order valence-corrected chi connectivity index (χ1v) is 8.12. The highest BCUT2D eigenvalue weighted by Crippen LogP contribution is 2.22. The van der Waals surface area contributed by atoms with E-state index >= 15 is 0 Å². The largest absolute Gasteiger partial charge is 0.389 e. The average molecular weight is 324 g/mol. The SMILES string of the molecule is CNC(C)c1cccc(NS(=O)(=O)CCCC(F)(F)F)c1. The zero-order valence-corrected chi connectivity index (χ0v) is 12.7. The maximum atomic E-state index is 12.0. The second-order valence-corrected chi connectivity index (χ2v) is 6.62. The second kappa shape index (κ2) is 7.13. The van der Waals surface area contributed by atoms with Gasteiger partial charge in [-0.05, 0) is 38.1 Å². The van der Waals surface area contributed by atoms with Gasteiger partial charge in [0, 0.05) is 18.2 Å². The van der Waals surface area contributed by atoms with Crippen molar-refractivity contribution in [3.63, 3.8) is 0 Å². The fourth-order valence-corrected chi connectivity index (χ4v) is 2.84. The molecular weight excluding hydrogens is 305 g/mol. The van der Waals surface area contributed by atoms with Crippen molar-refractivity contribution in [1.29, 1.82) is 0 Å². The highest BCUT2D eigenvalue weighted by molar-refractivity contribution is 7.92. The van der Waals surface area contributed by atoms with Crippen LogP contribution in [-0.2, 0) is 10.0 Å². The average Bonchev–Trinajstić information content (AvgIpc) is 2.35. The Morgan fingerprint density at radius 2 is 1.95 bits per heavy atom. The zero-order valence-electron chi connectivity index (χ0n) is 11.9. The third-order valence-electron chi connectivity index (χ3n) is 2.97. The molecule has 2 N–H and O–H groups in total. The van der Waals surface area contributed by atoms with Crippen LogP contribution in [0.2, 0.25) is 0 Å². The molecule has 0 aromatic heterocycles. The Labute approximate surface area is 122 Å². The fraction of sp³-hybridized carbons (Fsp3) is 0.538. The molecule has 0 amide bonds. The second-order valence-electron chi connectivity index (χ2n) is 4.78. The summed E-state index contributed by atoms with van der Waals surface area (Å²) in [7, 11) is -2.00. The summed E-state index contributed by atoms with van der Waals surface area (Å²) in [6.45, 7) is 1.91. The first-order valence-electron chi connectivity index (χ1n) is 6.47. The Hall–Kier alpha value is -1.28. The van der Waals surface area contributed by atoms with E-state index in [-0.39, 0.29) is 6.04 Å². The first kappa shape index (κ1) is 17.8. The summed E-state index contributed by atoms with van der Waals surface area (Å²) in [5.41, 5.74) is 1.23. The summed E-state index contributed by atoms with van der Waals surface area (Å²) < 4.78 is 61.8. The molecule has 0 bridgehead atoms. The molecule has 120 valence electrons. The quantitative estimate of drug-likeness (QED) is 0.810. The van der Waals surface area contributed by atoms with Crippen LogP contribution >= 0.6 is 0 Å². The first-order chi connectivity index (χ1) is 9.63. The van der Waals surface area contributed by atoms with E-state index in [0.717, 1.165) is 5.56 Å². The Morgan fingerprint density at radius 1 is 1.29 bits per heavy atom. The van der Waals surface area contributed by atoms with Gasteiger partial charge in [-0.2, -0.15) is 13.2 Å². The lowest BCUT2D eigenvalue weighted by atomic mass is 10.1. The fourth-order valence-electron chi connectivity index (χ4n) is 1.73. The lowest BCUT2D eigenvalue weighted by molar-refractivity contribution is -0.134. The van der Waals surface area contributed by atoms with Crippen molar-refractivity contribution in [2.75, 3.05) is 17.5 Å². The number of hydrogen-bond donors (Lipinski definition) is 2. The number of nitrogens with one attached hydrogen (secondary N) is 2. The van der Waals surface area contributed by atoms with Gasteiger partial charge in [-0.15, -0.1) is 0 Å². The standard InChI is InChI=1S/C13H19F3N2O2S/c1-10(17-2)11-5-3-6-12(9-11)18-21(19,20)8-4-7-13(14,15)16/h3,5-6,9-10,17-18H,4,7-8H2,1-2H3. The number of sulfonamides is 1. The summed E-state index contributed by atoms with van der Waals surface area (Å²) >= 11 is 0. The molecule has 0 radical (unpaired) electrons. The van der Waals surface area contributed by atoms with Crippen molar-refractivity contribution >= 4 is 15.7 Å². The lowest BCUT2D eigenvalue weighted by Crippen LogP contribution is -2.19. The molecule has 0 aliphatic rings. The highest BCUT2D eigenvalue weighted by Gasteiger charge is 2.27. The van der Waals surface area contributed by atoms with E-state index in [2.05, 4.69) is 10.0 Å². The Balaban J connectivity index is 2.67. The maximum absolute atomic E-state index is 12.0. The molecule has 0 heterocycles. The maximum Gasteiger partial charge on any atom is 0.389 e. The number of halogens is 3. The third-order valence-corrected chi connectivity index (χ3v) is 4.34. The van der Waals surface area contributed by atoms with Crippen molar-refractivity contribution in [2.24, 2.45) is 0 Å².